The molecule has 0 spiro atoms. The number of nitro benzene ring substituents is 1. The van der Waals surface area contributed by atoms with Crippen LogP contribution in [0.2, 0.25) is 0 Å². The van der Waals surface area contributed by atoms with Gasteiger partial charge < -0.3 is 19.5 Å². The van der Waals surface area contributed by atoms with Gasteiger partial charge in [-0.15, -0.1) is 0 Å². The van der Waals surface area contributed by atoms with Crippen LogP contribution in [0.1, 0.15) is 0 Å². The van der Waals surface area contributed by atoms with Crippen molar-refractivity contribution in [2.24, 2.45) is 0 Å². The summed E-state index contributed by atoms with van der Waals surface area (Å²) in [6.45, 7) is 0.678. The zero-order chi connectivity index (χ0) is 15.1. The summed E-state index contributed by atoms with van der Waals surface area (Å²) in [7, 11) is 2.78. The lowest BCUT2D eigenvalue weighted by Crippen LogP contribution is -2.31. The van der Waals surface area contributed by atoms with Gasteiger partial charge in [0.25, 0.3) is 0 Å². The van der Waals surface area contributed by atoms with Gasteiger partial charge in [-0.1, -0.05) is 0 Å². The van der Waals surface area contributed by atoms with E-state index in [9.17, 15) is 14.5 Å². The highest BCUT2D eigenvalue weighted by molar-refractivity contribution is 5.60. The van der Waals surface area contributed by atoms with Gasteiger partial charge in [0.2, 0.25) is 0 Å². The number of hydrogen-bond donors (Lipinski definition) is 1. The van der Waals surface area contributed by atoms with Crippen molar-refractivity contribution in [2.75, 3.05) is 45.4 Å². The molecule has 0 unspecified atom stereocenters. The summed E-state index contributed by atoms with van der Waals surface area (Å²) in [6.07, 6.45) is 0. The molecule has 0 fully saturated rings. The first kappa shape index (κ1) is 16.1. The van der Waals surface area contributed by atoms with Gasteiger partial charge in [-0.25, -0.2) is 4.39 Å². The second kappa shape index (κ2) is 7.61. The van der Waals surface area contributed by atoms with Crippen LogP contribution < -0.4 is 9.64 Å². The van der Waals surface area contributed by atoms with Crippen molar-refractivity contribution in [1.82, 2.24) is 0 Å². The normalized spacial score (nSPS) is 10.4. The molecule has 0 aliphatic rings. The van der Waals surface area contributed by atoms with Gasteiger partial charge in [0, 0.05) is 26.3 Å². The van der Waals surface area contributed by atoms with Crippen LogP contribution >= 0.6 is 0 Å². The Labute approximate surface area is 115 Å². The molecule has 1 aromatic rings. The smallest absolute Gasteiger partial charge is 0.313 e. The lowest BCUT2D eigenvalue weighted by molar-refractivity contribution is -0.385. The molecule has 0 aliphatic carbocycles. The number of rotatable bonds is 8. The fourth-order valence-electron chi connectivity index (χ4n) is 1.76. The quantitative estimate of drug-likeness (QED) is 0.571. The van der Waals surface area contributed by atoms with Crippen molar-refractivity contribution in [3.8, 4) is 5.75 Å². The number of aliphatic hydroxyl groups is 1. The van der Waals surface area contributed by atoms with Crippen LogP contribution in [0.15, 0.2) is 12.1 Å². The van der Waals surface area contributed by atoms with Crippen molar-refractivity contribution >= 4 is 11.4 Å². The number of benzene rings is 1. The fourth-order valence-corrected chi connectivity index (χ4v) is 1.76. The summed E-state index contributed by atoms with van der Waals surface area (Å²) >= 11 is 0. The molecule has 0 saturated heterocycles. The molecular formula is C12H17FN2O5. The zero-order valence-electron chi connectivity index (χ0n) is 11.3. The molecule has 0 heterocycles. The second-order valence-electron chi connectivity index (χ2n) is 3.94. The van der Waals surface area contributed by atoms with Crippen molar-refractivity contribution in [3.63, 3.8) is 0 Å². The zero-order valence-corrected chi connectivity index (χ0v) is 11.3. The van der Waals surface area contributed by atoms with E-state index >= 15 is 0 Å². The van der Waals surface area contributed by atoms with Gasteiger partial charge in [-0.3, -0.25) is 10.1 Å². The molecule has 0 aromatic heterocycles. The Morgan fingerprint density at radius 2 is 2.10 bits per heavy atom. The standard InChI is InChI=1S/C12H17FN2O5/c1-19-6-4-14(3-5-16)10-8-12(20-2)11(15(17)18)7-9(10)13/h7-8,16H,3-6H2,1-2H3. The minimum absolute atomic E-state index is 0.0354. The molecule has 0 bridgehead atoms. The van der Waals surface area contributed by atoms with E-state index < -0.39 is 16.4 Å². The van der Waals surface area contributed by atoms with E-state index in [0.29, 0.717) is 13.2 Å². The number of nitro groups is 1. The predicted molar refractivity (Wildman–Crippen MR) is 70.8 cm³/mol. The Bertz CT molecular complexity index is 469. The highest BCUT2D eigenvalue weighted by Crippen LogP contribution is 2.33. The van der Waals surface area contributed by atoms with Gasteiger partial charge in [-0.05, 0) is 0 Å². The van der Waals surface area contributed by atoms with E-state index in [1.165, 1.54) is 25.2 Å². The summed E-state index contributed by atoms with van der Waals surface area (Å²) in [6, 6.07) is 2.06. The molecule has 0 aliphatic heterocycles. The molecule has 1 rings (SSSR count). The Morgan fingerprint density at radius 3 is 2.60 bits per heavy atom. The molecule has 1 aromatic carbocycles. The third-order valence-electron chi connectivity index (χ3n) is 2.72. The number of hydrogen-bond acceptors (Lipinski definition) is 6. The summed E-state index contributed by atoms with van der Waals surface area (Å²) in [4.78, 5) is 11.6. The molecule has 7 nitrogen and oxygen atoms in total. The third kappa shape index (κ3) is 3.78. The van der Waals surface area contributed by atoms with Crippen LogP contribution in [-0.4, -0.2) is 50.6 Å². The van der Waals surface area contributed by atoms with Crippen molar-refractivity contribution in [1.29, 1.82) is 0 Å². The van der Waals surface area contributed by atoms with E-state index in [1.807, 2.05) is 0 Å². The molecule has 0 atom stereocenters. The van der Waals surface area contributed by atoms with Crippen LogP contribution in [0, 0.1) is 15.9 Å². The van der Waals surface area contributed by atoms with E-state index in [-0.39, 0.29) is 24.6 Å². The molecule has 8 heteroatoms. The lowest BCUT2D eigenvalue weighted by atomic mass is 10.2. The summed E-state index contributed by atoms with van der Waals surface area (Å²) in [5.41, 5.74) is -0.317. The highest BCUT2D eigenvalue weighted by atomic mass is 19.1. The fraction of sp³-hybridized carbons (Fsp3) is 0.500. The Hall–Kier alpha value is -1.93. The molecule has 0 amide bonds. The maximum Gasteiger partial charge on any atom is 0.313 e. The summed E-state index contributed by atoms with van der Waals surface area (Å²) in [5, 5.41) is 19.8. The van der Waals surface area contributed by atoms with Gasteiger partial charge in [-0.2, -0.15) is 0 Å². The number of methoxy groups -OCH3 is 2. The van der Waals surface area contributed by atoms with Crippen LogP contribution in [0.4, 0.5) is 15.8 Å². The molecular weight excluding hydrogens is 271 g/mol. The van der Waals surface area contributed by atoms with Crippen LogP contribution in [-0.2, 0) is 4.74 Å². The minimum Gasteiger partial charge on any atom is -0.490 e. The second-order valence-corrected chi connectivity index (χ2v) is 3.94. The van der Waals surface area contributed by atoms with Gasteiger partial charge in [0.05, 0.1) is 37.0 Å². The average Bonchev–Trinajstić information content (AvgIpc) is 2.43. The van der Waals surface area contributed by atoms with Crippen LogP contribution in [0.3, 0.4) is 0 Å². The number of anilines is 1. The number of ether oxygens (including phenoxy) is 2. The minimum atomic E-state index is -0.748. The monoisotopic (exact) mass is 288 g/mol. The van der Waals surface area contributed by atoms with Gasteiger partial charge in [0.15, 0.2) is 11.6 Å². The van der Waals surface area contributed by atoms with Gasteiger partial charge >= 0.3 is 5.69 Å². The van der Waals surface area contributed by atoms with Crippen molar-refractivity contribution in [2.45, 2.75) is 0 Å². The Kier molecular flexibility index (Phi) is 6.13. The first-order valence-corrected chi connectivity index (χ1v) is 5.91. The molecule has 20 heavy (non-hydrogen) atoms. The van der Waals surface area contributed by atoms with Gasteiger partial charge in [0.1, 0.15) is 0 Å². The first-order chi connectivity index (χ1) is 9.54. The third-order valence-corrected chi connectivity index (χ3v) is 2.72. The maximum atomic E-state index is 14.0. The molecule has 112 valence electrons. The molecule has 0 saturated carbocycles. The summed E-state index contributed by atoms with van der Waals surface area (Å²) in [5.74, 6) is -0.784. The first-order valence-electron chi connectivity index (χ1n) is 5.91. The topological polar surface area (TPSA) is 85.1 Å². The predicted octanol–water partition coefficient (Wildman–Crippen LogP) is 1.19. The highest BCUT2D eigenvalue weighted by Gasteiger charge is 2.21. The van der Waals surface area contributed by atoms with Crippen molar-refractivity contribution in [3.05, 3.63) is 28.1 Å². The van der Waals surface area contributed by atoms with E-state index in [0.717, 1.165) is 6.07 Å². The largest absolute Gasteiger partial charge is 0.490 e. The number of aliphatic hydroxyl groups excluding tert-OH is 1. The Balaban J connectivity index is 3.17. The maximum absolute atomic E-state index is 14.0. The molecule has 1 N–H and O–H groups in total. The van der Waals surface area contributed by atoms with Crippen LogP contribution in [0.25, 0.3) is 0 Å². The van der Waals surface area contributed by atoms with Crippen molar-refractivity contribution < 1.29 is 23.9 Å². The lowest BCUT2D eigenvalue weighted by Gasteiger charge is -2.24. The van der Waals surface area contributed by atoms with E-state index in [2.05, 4.69) is 0 Å². The SMILES string of the molecule is COCCN(CCO)c1cc(OC)c([N+](=O)[O-])cc1F. The molecule has 0 radical (unpaired) electrons. The number of halogens is 1. The van der Waals surface area contributed by atoms with Crippen LogP contribution in [0.5, 0.6) is 5.75 Å². The van der Waals surface area contributed by atoms with E-state index in [4.69, 9.17) is 14.6 Å². The Morgan fingerprint density at radius 1 is 1.40 bits per heavy atom. The van der Waals surface area contributed by atoms with E-state index in [1.54, 1.807) is 0 Å². The average molecular weight is 288 g/mol. The number of nitrogens with zero attached hydrogens (tertiary/aromatic N) is 2. The summed E-state index contributed by atoms with van der Waals surface area (Å²) < 4.78 is 23.8.